The summed E-state index contributed by atoms with van der Waals surface area (Å²) >= 11 is 0. The molecule has 1 fully saturated rings. The third-order valence-corrected chi connectivity index (χ3v) is 4.89. The first-order valence-electron chi connectivity index (χ1n) is 9.25. The van der Waals surface area contributed by atoms with Crippen LogP contribution in [0.3, 0.4) is 0 Å². The van der Waals surface area contributed by atoms with Gasteiger partial charge in [0.2, 0.25) is 5.82 Å². The van der Waals surface area contributed by atoms with E-state index in [1.807, 2.05) is 36.1 Å². The van der Waals surface area contributed by atoms with Crippen molar-refractivity contribution in [2.75, 3.05) is 54.5 Å². The molecule has 0 bridgehead atoms. The van der Waals surface area contributed by atoms with Crippen molar-refractivity contribution < 1.29 is 9.66 Å². The lowest BCUT2D eigenvalue weighted by atomic mass is 10.2. The fourth-order valence-corrected chi connectivity index (χ4v) is 3.38. The van der Waals surface area contributed by atoms with Crippen molar-refractivity contribution in [1.82, 2.24) is 4.98 Å². The van der Waals surface area contributed by atoms with Crippen LogP contribution >= 0.6 is 0 Å². The lowest BCUT2D eigenvalue weighted by Gasteiger charge is -2.28. The minimum Gasteiger partial charge on any atom is -0.378 e. The summed E-state index contributed by atoms with van der Waals surface area (Å²) in [5, 5.41) is 14.5. The molecule has 28 heavy (non-hydrogen) atoms. The van der Waals surface area contributed by atoms with E-state index in [2.05, 4.69) is 20.2 Å². The standard InChI is InChI=1S/C19H22N6O3/c1-14-20-8-9-24(14)18-7-6-17(25(26)27)19(22-18)21-15-2-4-16(5-3-15)23-10-12-28-13-11-23/h2-7H,8-13H2,1H3,(H,21,22). The summed E-state index contributed by atoms with van der Waals surface area (Å²) in [6, 6.07) is 11.0. The van der Waals surface area contributed by atoms with Gasteiger partial charge in [-0.3, -0.25) is 15.1 Å². The maximum atomic E-state index is 11.4. The molecule has 0 spiro atoms. The molecule has 2 aliphatic rings. The molecule has 0 saturated carbocycles. The summed E-state index contributed by atoms with van der Waals surface area (Å²) in [5.41, 5.74) is 1.79. The zero-order valence-corrected chi connectivity index (χ0v) is 15.7. The van der Waals surface area contributed by atoms with Crippen molar-refractivity contribution in [3.05, 3.63) is 46.5 Å². The van der Waals surface area contributed by atoms with Gasteiger partial charge in [-0.1, -0.05) is 0 Å². The smallest absolute Gasteiger partial charge is 0.311 e. The van der Waals surface area contributed by atoms with E-state index in [1.54, 1.807) is 6.07 Å². The highest BCUT2D eigenvalue weighted by atomic mass is 16.6. The van der Waals surface area contributed by atoms with Gasteiger partial charge < -0.3 is 19.9 Å². The SMILES string of the molecule is CC1=NCCN1c1ccc([N+](=O)[O-])c(Nc2ccc(N3CCOCC3)cc2)n1. The summed E-state index contributed by atoms with van der Waals surface area (Å²) in [7, 11) is 0. The number of anilines is 4. The summed E-state index contributed by atoms with van der Waals surface area (Å²) in [6.45, 7) is 6.51. The van der Waals surface area contributed by atoms with Gasteiger partial charge in [0.15, 0.2) is 0 Å². The summed E-state index contributed by atoms with van der Waals surface area (Å²) in [6.07, 6.45) is 0. The third-order valence-electron chi connectivity index (χ3n) is 4.89. The quantitative estimate of drug-likeness (QED) is 0.627. The van der Waals surface area contributed by atoms with Gasteiger partial charge >= 0.3 is 5.69 Å². The maximum absolute atomic E-state index is 11.4. The number of rotatable bonds is 5. The number of nitro groups is 1. The van der Waals surface area contributed by atoms with Crippen LogP contribution in [0.4, 0.5) is 28.7 Å². The average molecular weight is 382 g/mol. The van der Waals surface area contributed by atoms with Crippen molar-refractivity contribution in [2.45, 2.75) is 6.92 Å². The fourth-order valence-electron chi connectivity index (χ4n) is 3.38. The molecule has 0 amide bonds. The topological polar surface area (TPSA) is 96.1 Å². The van der Waals surface area contributed by atoms with Crippen LogP contribution in [-0.4, -0.2) is 55.1 Å². The highest BCUT2D eigenvalue weighted by Gasteiger charge is 2.21. The van der Waals surface area contributed by atoms with E-state index < -0.39 is 4.92 Å². The Morgan fingerprint density at radius 3 is 2.50 bits per heavy atom. The first kappa shape index (κ1) is 18.2. The van der Waals surface area contributed by atoms with Crippen molar-refractivity contribution >= 4 is 34.5 Å². The Morgan fingerprint density at radius 1 is 1.11 bits per heavy atom. The second-order valence-electron chi connectivity index (χ2n) is 6.65. The molecule has 1 N–H and O–H groups in total. The van der Waals surface area contributed by atoms with E-state index >= 15 is 0 Å². The Hall–Kier alpha value is -3.20. The molecular weight excluding hydrogens is 360 g/mol. The first-order chi connectivity index (χ1) is 13.6. The molecule has 4 rings (SSSR count). The zero-order chi connectivity index (χ0) is 19.5. The number of aromatic nitrogens is 1. The second-order valence-corrected chi connectivity index (χ2v) is 6.65. The Bertz CT molecular complexity index is 893. The molecule has 0 unspecified atom stereocenters. The zero-order valence-electron chi connectivity index (χ0n) is 15.7. The normalized spacial score (nSPS) is 16.8. The number of nitrogens with one attached hydrogen (secondary N) is 1. The molecule has 0 aliphatic carbocycles. The molecule has 2 aromatic rings. The predicted octanol–water partition coefficient (Wildman–Crippen LogP) is 2.81. The van der Waals surface area contributed by atoms with E-state index in [4.69, 9.17) is 4.74 Å². The number of amidine groups is 1. The molecule has 1 aromatic heterocycles. The monoisotopic (exact) mass is 382 g/mol. The van der Waals surface area contributed by atoms with E-state index in [9.17, 15) is 10.1 Å². The lowest BCUT2D eigenvalue weighted by molar-refractivity contribution is -0.384. The van der Waals surface area contributed by atoms with Gasteiger partial charge in [-0.05, 0) is 37.3 Å². The van der Waals surface area contributed by atoms with Gasteiger partial charge in [-0.25, -0.2) is 4.98 Å². The fraction of sp³-hybridized carbons (Fsp3) is 0.368. The third kappa shape index (κ3) is 3.74. The molecule has 2 aliphatic heterocycles. The molecular formula is C19H22N6O3. The lowest BCUT2D eigenvalue weighted by Crippen LogP contribution is -2.36. The molecule has 9 heteroatoms. The van der Waals surface area contributed by atoms with E-state index in [1.165, 1.54) is 6.07 Å². The molecule has 9 nitrogen and oxygen atoms in total. The first-order valence-corrected chi connectivity index (χ1v) is 9.25. The van der Waals surface area contributed by atoms with Crippen molar-refractivity contribution in [3.63, 3.8) is 0 Å². The van der Waals surface area contributed by atoms with Crippen molar-refractivity contribution in [3.8, 4) is 0 Å². The van der Waals surface area contributed by atoms with Gasteiger partial charge in [0.25, 0.3) is 0 Å². The Labute approximate surface area is 162 Å². The second kappa shape index (κ2) is 7.81. The van der Waals surface area contributed by atoms with Crippen LogP contribution in [0.15, 0.2) is 41.4 Å². The van der Waals surface area contributed by atoms with Crippen LogP contribution < -0.4 is 15.1 Å². The Balaban J connectivity index is 1.57. The Kier molecular flexibility index (Phi) is 5.07. The minimum absolute atomic E-state index is 0.0604. The highest BCUT2D eigenvalue weighted by Crippen LogP contribution is 2.30. The van der Waals surface area contributed by atoms with Gasteiger partial charge in [-0.15, -0.1) is 0 Å². The van der Waals surface area contributed by atoms with E-state index in [0.717, 1.165) is 50.1 Å². The number of pyridine rings is 1. The molecule has 0 radical (unpaired) electrons. The molecule has 0 atom stereocenters. The van der Waals surface area contributed by atoms with Crippen LogP contribution in [0, 0.1) is 10.1 Å². The number of aliphatic imine (C=N–C) groups is 1. The van der Waals surface area contributed by atoms with Crippen LogP contribution in [0.5, 0.6) is 0 Å². The largest absolute Gasteiger partial charge is 0.378 e. The molecule has 3 heterocycles. The van der Waals surface area contributed by atoms with Crippen LogP contribution in [-0.2, 0) is 4.74 Å². The van der Waals surface area contributed by atoms with Gasteiger partial charge in [-0.2, -0.15) is 0 Å². The molecule has 146 valence electrons. The van der Waals surface area contributed by atoms with Crippen LogP contribution in [0.2, 0.25) is 0 Å². The minimum atomic E-state index is -0.424. The van der Waals surface area contributed by atoms with E-state index in [-0.39, 0.29) is 11.5 Å². The summed E-state index contributed by atoms with van der Waals surface area (Å²) in [4.78, 5) is 24.1. The maximum Gasteiger partial charge on any atom is 0.311 e. The number of benzene rings is 1. The van der Waals surface area contributed by atoms with E-state index in [0.29, 0.717) is 12.4 Å². The Morgan fingerprint density at radius 2 is 1.86 bits per heavy atom. The number of nitrogens with zero attached hydrogens (tertiary/aromatic N) is 5. The number of hydrogen-bond donors (Lipinski definition) is 1. The molecule has 1 aromatic carbocycles. The summed E-state index contributed by atoms with van der Waals surface area (Å²) in [5.74, 6) is 1.74. The van der Waals surface area contributed by atoms with Gasteiger partial charge in [0.05, 0.1) is 24.7 Å². The number of morpholine rings is 1. The predicted molar refractivity (Wildman–Crippen MR) is 109 cm³/mol. The van der Waals surface area contributed by atoms with Crippen LogP contribution in [0.1, 0.15) is 6.92 Å². The van der Waals surface area contributed by atoms with Gasteiger partial charge in [0.1, 0.15) is 11.7 Å². The van der Waals surface area contributed by atoms with Crippen molar-refractivity contribution in [2.24, 2.45) is 4.99 Å². The van der Waals surface area contributed by atoms with Crippen LogP contribution in [0.25, 0.3) is 0 Å². The van der Waals surface area contributed by atoms with Crippen molar-refractivity contribution in [1.29, 1.82) is 0 Å². The number of hydrogen-bond acceptors (Lipinski definition) is 8. The average Bonchev–Trinajstić information content (AvgIpc) is 3.15. The summed E-state index contributed by atoms with van der Waals surface area (Å²) < 4.78 is 5.38. The molecule has 1 saturated heterocycles. The highest BCUT2D eigenvalue weighted by molar-refractivity contribution is 5.97. The number of ether oxygens (including phenoxy) is 1. The van der Waals surface area contributed by atoms with Gasteiger partial charge in [0, 0.05) is 37.1 Å².